The summed E-state index contributed by atoms with van der Waals surface area (Å²) in [6.45, 7) is 3.15. The molecule has 6 nitrogen and oxygen atoms in total. The Morgan fingerprint density at radius 2 is 1.81 bits per heavy atom. The van der Waals surface area contributed by atoms with Crippen LogP contribution < -0.4 is 9.64 Å². The molecule has 0 saturated carbocycles. The molecule has 0 aromatic heterocycles. The normalized spacial score (nSPS) is 21.2. The van der Waals surface area contributed by atoms with E-state index in [2.05, 4.69) is 11.0 Å². The van der Waals surface area contributed by atoms with Gasteiger partial charge in [0.1, 0.15) is 11.6 Å². The van der Waals surface area contributed by atoms with E-state index in [4.69, 9.17) is 14.2 Å². The van der Waals surface area contributed by atoms with Crippen molar-refractivity contribution >= 4 is 11.6 Å². The Kier molecular flexibility index (Phi) is 7.08. The number of rotatable bonds is 7. The smallest absolute Gasteiger partial charge is 0.258 e. The molecule has 0 bridgehead atoms. The largest absolute Gasteiger partial charge is 0.496 e. The fourth-order valence-corrected chi connectivity index (χ4v) is 4.71. The van der Waals surface area contributed by atoms with Gasteiger partial charge < -0.3 is 24.0 Å². The van der Waals surface area contributed by atoms with Crippen LogP contribution in [0.4, 0.5) is 10.1 Å². The monoisotopic (exact) mass is 442 g/mol. The van der Waals surface area contributed by atoms with E-state index in [1.54, 1.807) is 37.3 Å². The van der Waals surface area contributed by atoms with Gasteiger partial charge in [0.15, 0.2) is 6.10 Å². The number of benzene rings is 2. The Balaban J connectivity index is 1.44. The molecule has 2 aliphatic rings. The lowest BCUT2D eigenvalue weighted by atomic mass is 9.88. The highest BCUT2D eigenvalue weighted by molar-refractivity contribution is 5.97. The highest BCUT2D eigenvalue weighted by Gasteiger charge is 2.47. The number of anilines is 1. The zero-order valence-electron chi connectivity index (χ0n) is 18.8. The minimum Gasteiger partial charge on any atom is -0.496 e. The first kappa shape index (κ1) is 22.7. The van der Waals surface area contributed by atoms with Crippen LogP contribution >= 0.6 is 0 Å². The van der Waals surface area contributed by atoms with Crippen LogP contribution in [0.3, 0.4) is 0 Å². The average molecular weight is 443 g/mol. The van der Waals surface area contributed by atoms with Crippen molar-refractivity contribution in [2.45, 2.75) is 31.0 Å². The molecule has 0 N–H and O–H groups in total. The van der Waals surface area contributed by atoms with Crippen LogP contribution in [-0.4, -0.2) is 69.5 Å². The number of methoxy groups -OCH3 is 2. The second kappa shape index (κ2) is 9.98. The number of piperidine rings is 1. The first-order valence-corrected chi connectivity index (χ1v) is 11.1. The predicted molar refractivity (Wildman–Crippen MR) is 121 cm³/mol. The minimum atomic E-state index is -0.728. The quantitative estimate of drug-likeness (QED) is 0.659. The Morgan fingerprint density at radius 3 is 2.53 bits per heavy atom. The number of amides is 1. The maximum absolute atomic E-state index is 14.5. The molecule has 2 aromatic rings. The number of halogens is 1. The van der Waals surface area contributed by atoms with Gasteiger partial charge >= 0.3 is 0 Å². The van der Waals surface area contributed by atoms with E-state index < -0.39 is 17.5 Å². The fourth-order valence-electron chi connectivity index (χ4n) is 4.71. The third-order valence-corrected chi connectivity index (χ3v) is 6.50. The Morgan fingerprint density at radius 1 is 1.09 bits per heavy atom. The summed E-state index contributed by atoms with van der Waals surface area (Å²) in [4.78, 5) is 17.0. The van der Waals surface area contributed by atoms with Gasteiger partial charge in [-0.05, 0) is 43.0 Å². The SMILES string of the molecule is COCC1OC2(CCN(CCc3ccccc3OC)CC2)CN(c2ccccc2F)C1=O. The molecule has 7 heteroatoms. The molecule has 2 heterocycles. The van der Waals surface area contributed by atoms with Gasteiger partial charge in [-0.2, -0.15) is 0 Å². The van der Waals surface area contributed by atoms with Crippen molar-refractivity contribution in [2.75, 3.05) is 51.9 Å². The Labute approximate surface area is 188 Å². The zero-order chi connectivity index (χ0) is 22.6. The summed E-state index contributed by atoms with van der Waals surface area (Å²) in [6.07, 6.45) is 1.73. The molecule has 2 aromatic carbocycles. The molecule has 1 spiro atoms. The van der Waals surface area contributed by atoms with E-state index in [0.29, 0.717) is 12.2 Å². The van der Waals surface area contributed by atoms with Crippen molar-refractivity contribution in [1.82, 2.24) is 4.90 Å². The average Bonchev–Trinajstić information content (AvgIpc) is 2.82. The molecule has 2 fully saturated rings. The number of para-hydroxylation sites is 2. The number of hydrogen-bond acceptors (Lipinski definition) is 5. The lowest BCUT2D eigenvalue weighted by Crippen LogP contribution is -2.63. The maximum Gasteiger partial charge on any atom is 0.258 e. The van der Waals surface area contributed by atoms with E-state index in [9.17, 15) is 9.18 Å². The van der Waals surface area contributed by atoms with Crippen LogP contribution in [0.25, 0.3) is 0 Å². The summed E-state index contributed by atoms with van der Waals surface area (Å²) in [5.41, 5.74) is 1.00. The van der Waals surface area contributed by atoms with Gasteiger partial charge in [0.25, 0.3) is 5.91 Å². The second-order valence-electron chi connectivity index (χ2n) is 8.52. The highest BCUT2D eigenvalue weighted by atomic mass is 19.1. The first-order valence-electron chi connectivity index (χ1n) is 11.1. The Hall–Kier alpha value is -2.48. The topological polar surface area (TPSA) is 51.2 Å². The molecule has 1 amide bonds. The molecule has 2 saturated heterocycles. The number of nitrogens with zero attached hydrogens (tertiary/aromatic N) is 2. The van der Waals surface area contributed by atoms with E-state index >= 15 is 0 Å². The standard InChI is InChI=1S/C25H31FN2O4/c1-30-17-23-24(29)28(21-9-5-4-8-20(21)26)18-25(32-23)12-15-27(16-13-25)14-11-19-7-3-6-10-22(19)31-2/h3-10,23H,11-18H2,1-2H3. The molecule has 0 aliphatic carbocycles. The highest BCUT2D eigenvalue weighted by Crippen LogP contribution is 2.36. The maximum atomic E-state index is 14.5. The summed E-state index contributed by atoms with van der Waals surface area (Å²) in [7, 11) is 3.24. The molecule has 0 radical (unpaired) electrons. The molecular weight excluding hydrogens is 411 g/mol. The number of hydrogen-bond donors (Lipinski definition) is 0. The number of carbonyl (C=O) groups excluding carboxylic acids is 1. The summed E-state index contributed by atoms with van der Waals surface area (Å²) in [5, 5.41) is 0. The molecule has 32 heavy (non-hydrogen) atoms. The molecular formula is C25H31FN2O4. The Bertz CT molecular complexity index is 930. The minimum absolute atomic E-state index is 0.156. The van der Waals surface area contributed by atoms with Crippen molar-refractivity contribution in [3.63, 3.8) is 0 Å². The van der Waals surface area contributed by atoms with Crippen LogP contribution in [0.1, 0.15) is 18.4 Å². The van der Waals surface area contributed by atoms with Gasteiger partial charge in [0.05, 0.1) is 31.5 Å². The van der Waals surface area contributed by atoms with Crippen molar-refractivity contribution in [3.05, 3.63) is 59.9 Å². The van der Waals surface area contributed by atoms with Gasteiger partial charge in [-0.15, -0.1) is 0 Å². The first-order chi connectivity index (χ1) is 15.5. The fraction of sp³-hybridized carbons (Fsp3) is 0.480. The molecule has 4 rings (SSSR count). The van der Waals surface area contributed by atoms with Gasteiger partial charge in [0, 0.05) is 26.7 Å². The third kappa shape index (κ3) is 4.80. The van der Waals surface area contributed by atoms with Gasteiger partial charge in [-0.25, -0.2) is 4.39 Å². The summed E-state index contributed by atoms with van der Waals surface area (Å²) in [6, 6.07) is 14.5. The van der Waals surface area contributed by atoms with Gasteiger partial charge in [-0.1, -0.05) is 30.3 Å². The summed E-state index contributed by atoms with van der Waals surface area (Å²) < 4.78 is 31.5. The summed E-state index contributed by atoms with van der Waals surface area (Å²) in [5.74, 6) is 0.266. The van der Waals surface area contributed by atoms with Crippen molar-refractivity contribution < 1.29 is 23.4 Å². The van der Waals surface area contributed by atoms with Crippen molar-refractivity contribution in [2.24, 2.45) is 0 Å². The lowest BCUT2D eigenvalue weighted by Gasteiger charge is -2.49. The van der Waals surface area contributed by atoms with Crippen LogP contribution in [0, 0.1) is 5.82 Å². The number of carbonyl (C=O) groups is 1. The molecule has 172 valence electrons. The second-order valence-corrected chi connectivity index (χ2v) is 8.52. The van der Waals surface area contributed by atoms with E-state index in [0.717, 1.165) is 44.6 Å². The molecule has 1 unspecified atom stereocenters. The lowest BCUT2D eigenvalue weighted by molar-refractivity contribution is -0.172. The zero-order valence-corrected chi connectivity index (χ0v) is 18.8. The third-order valence-electron chi connectivity index (χ3n) is 6.50. The molecule has 1 atom stereocenters. The van der Waals surface area contributed by atoms with Gasteiger partial charge in [0.2, 0.25) is 0 Å². The number of morpholine rings is 1. The van der Waals surface area contributed by atoms with Crippen LogP contribution in [0.2, 0.25) is 0 Å². The van der Waals surface area contributed by atoms with Gasteiger partial charge in [-0.3, -0.25) is 4.79 Å². The van der Waals surface area contributed by atoms with Crippen LogP contribution in [-0.2, 0) is 20.7 Å². The van der Waals surface area contributed by atoms with E-state index in [1.165, 1.54) is 11.6 Å². The van der Waals surface area contributed by atoms with E-state index in [-0.39, 0.29) is 12.5 Å². The molecule has 2 aliphatic heterocycles. The number of ether oxygens (including phenoxy) is 3. The predicted octanol–water partition coefficient (Wildman–Crippen LogP) is 3.29. The van der Waals surface area contributed by atoms with Crippen molar-refractivity contribution in [3.8, 4) is 5.75 Å². The van der Waals surface area contributed by atoms with E-state index in [1.807, 2.05) is 18.2 Å². The van der Waals surface area contributed by atoms with Crippen LogP contribution in [0.5, 0.6) is 5.75 Å². The summed E-state index contributed by atoms with van der Waals surface area (Å²) >= 11 is 0. The van der Waals surface area contributed by atoms with Crippen LogP contribution in [0.15, 0.2) is 48.5 Å². The van der Waals surface area contributed by atoms with Crippen molar-refractivity contribution in [1.29, 1.82) is 0 Å². The number of likely N-dealkylation sites (tertiary alicyclic amines) is 1.